The van der Waals surface area contributed by atoms with E-state index in [1.807, 2.05) is 0 Å². The number of para-hydroxylation sites is 1. The highest BCUT2D eigenvalue weighted by Crippen LogP contribution is 2.18. The first-order chi connectivity index (χ1) is 10.8. The summed E-state index contributed by atoms with van der Waals surface area (Å²) in [5.41, 5.74) is 2.66. The van der Waals surface area contributed by atoms with Gasteiger partial charge >= 0.3 is 0 Å². The van der Waals surface area contributed by atoms with Gasteiger partial charge in [-0.05, 0) is 57.3 Å². The minimum atomic E-state index is 0.584. The quantitative estimate of drug-likeness (QED) is 0.762. The lowest BCUT2D eigenvalue weighted by Crippen LogP contribution is -2.37. The zero-order chi connectivity index (χ0) is 15.2. The highest BCUT2D eigenvalue weighted by molar-refractivity contribution is 5.83. The third-order valence-electron chi connectivity index (χ3n) is 4.86. The molecule has 1 aromatic heterocycles. The summed E-state index contributed by atoms with van der Waals surface area (Å²) in [5.74, 6) is 0. The van der Waals surface area contributed by atoms with Gasteiger partial charge in [0, 0.05) is 29.2 Å². The molecule has 2 unspecified atom stereocenters. The Morgan fingerprint density at radius 3 is 3.09 bits per heavy atom. The van der Waals surface area contributed by atoms with E-state index in [2.05, 4.69) is 53.0 Å². The minimum Gasteiger partial charge on any atom is -0.361 e. The second kappa shape index (κ2) is 7.80. The van der Waals surface area contributed by atoms with Crippen LogP contribution in [0.15, 0.2) is 30.5 Å². The highest BCUT2D eigenvalue weighted by Gasteiger charge is 2.14. The van der Waals surface area contributed by atoms with E-state index in [0.29, 0.717) is 12.1 Å². The molecule has 0 spiro atoms. The maximum atomic E-state index is 3.70. The summed E-state index contributed by atoms with van der Waals surface area (Å²) in [5, 5.41) is 8.76. The lowest BCUT2D eigenvalue weighted by atomic mass is 10.0. The van der Waals surface area contributed by atoms with Crippen molar-refractivity contribution in [2.75, 3.05) is 13.1 Å². The van der Waals surface area contributed by atoms with Crippen LogP contribution in [0.4, 0.5) is 0 Å². The Balaban J connectivity index is 1.44. The largest absolute Gasteiger partial charge is 0.361 e. The average Bonchev–Trinajstić information content (AvgIpc) is 2.76. The monoisotopic (exact) mass is 299 g/mol. The van der Waals surface area contributed by atoms with E-state index in [9.17, 15) is 0 Å². The van der Waals surface area contributed by atoms with Crippen molar-refractivity contribution in [3.8, 4) is 0 Å². The van der Waals surface area contributed by atoms with Crippen molar-refractivity contribution in [1.82, 2.24) is 15.6 Å². The van der Waals surface area contributed by atoms with E-state index in [1.165, 1.54) is 55.1 Å². The number of benzene rings is 1. The normalized spacial score (nSPS) is 20.9. The molecule has 0 saturated carbocycles. The van der Waals surface area contributed by atoms with Crippen molar-refractivity contribution in [2.45, 2.75) is 57.5 Å². The molecule has 3 nitrogen and oxygen atoms in total. The Morgan fingerprint density at radius 1 is 1.23 bits per heavy atom. The first kappa shape index (κ1) is 15.6. The van der Waals surface area contributed by atoms with Crippen LogP contribution in [0.2, 0.25) is 0 Å². The van der Waals surface area contributed by atoms with E-state index >= 15 is 0 Å². The number of aromatic nitrogens is 1. The second-order valence-corrected chi connectivity index (χ2v) is 6.70. The standard InChI is InChI=1S/C19H29N3/c1-15(13-17-7-3-2-6-11-21-17)20-12-10-16-14-22-19-9-5-4-8-18(16)19/h4-5,8-9,14-15,17,20-22H,2-3,6-7,10-13H2,1H3. The smallest absolute Gasteiger partial charge is 0.0456 e. The fraction of sp³-hybridized carbons (Fsp3) is 0.579. The molecule has 0 bridgehead atoms. The summed E-state index contributed by atoms with van der Waals surface area (Å²) < 4.78 is 0. The molecule has 3 heteroatoms. The van der Waals surface area contributed by atoms with Gasteiger partial charge in [-0.15, -0.1) is 0 Å². The molecule has 1 fully saturated rings. The Labute approximate surface area is 133 Å². The third-order valence-corrected chi connectivity index (χ3v) is 4.86. The maximum Gasteiger partial charge on any atom is 0.0456 e. The van der Waals surface area contributed by atoms with Crippen molar-refractivity contribution in [1.29, 1.82) is 0 Å². The van der Waals surface area contributed by atoms with Crippen LogP contribution in [0.5, 0.6) is 0 Å². The zero-order valence-electron chi connectivity index (χ0n) is 13.7. The van der Waals surface area contributed by atoms with Gasteiger partial charge in [-0.1, -0.05) is 31.0 Å². The molecule has 2 atom stereocenters. The molecule has 120 valence electrons. The van der Waals surface area contributed by atoms with Crippen LogP contribution in [0.1, 0.15) is 44.6 Å². The number of hydrogen-bond donors (Lipinski definition) is 3. The van der Waals surface area contributed by atoms with Crippen molar-refractivity contribution < 1.29 is 0 Å². The number of nitrogens with one attached hydrogen (secondary N) is 3. The predicted octanol–water partition coefficient (Wildman–Crippen LogP) is 3.61. The van der Waals surface area contributed by atoms with Gasteiger partial charge in [-0.2, -0.15) is 0 Å². The Bertz CT molecular complexity index is 567. The molecule has 0 aliphatic carbocycles. The molecule has 2 aromatic rings. The molecule has 1 aliphatic heterocycles. The van der Waals surface area contributed by atoms with Gasteiger partial charge in [0.25, 0.3) is 0 Å². The lowest BCUT2D eigenvalue weighted by molar-refractivity contribution is 0.405. The number of rotatable bonds is 6. The Morgan fingerprint density at radius 2 is 2.14 bits per heavy atom. The lowest BCUT2D eigenvalue weighted by Gasteiger charge is -2.21. The molecule has 2 heterocycles. The van der Waals surface area contributed by atoms with E-state index < -0.39 is 0 Å². The predicted molar refractivity (Wildman–Crippen MR) is 94.3 cm³/mol. The second-order valence-electron chi connectivity index (χ2n) is 6.70. The fourth-order valence-electron chi connectivity index (χ4n) is 3.60. The van der Waals surface area contributed by atoms with Gasteiger partial charge < -0.3 is 15.6 Å². The number of H-pyrrole nitrogens is 1. The first-order valence-corrected chi connectivity index (χ1v) is 8.84. The number of hydrogen-bond acceptors (Lipinski definition) is 2. The van der Waals surface area contributed by atoms with Crippen LogP contribution >= 0.6 is 0 Å². The third kappa shape index (κ3) is 4.11. The van der Waals surface area contributed by atoms with Crippen LogP contribution in [0.25, 0.3) is 10.9 Å². The van der Waals surface area contributed by atoms with Crippen molar-refractivity contribution in [3.63, 3.8) is 0 Å². The van der Waals surface area contributed by atoms with Gasteiger partial charge in [0.2, 0.25) is 0 Å². The Hall–Kier alpha value is -1.32. The summed E-state index contributed by atoms with van der Waals surface area (Å²) in [6.07, 6.45) is 9.96. The highest BCUT2D eigenvalue weighted by atomic mass is 14.9. The molecular weight excluding hydrogens is 270 g/mol. The molecule has 1 saturated heterocycles. The van der Waals surface area contributed by atoms with E-state index in [4.69, 9.17) is 0 Å². The average molecular weight is 299 g/mol. The maximum absolute atomic E-state index is 3.70. The topological polar surface area (TPSA) is 39.8 Å². The molecule has 22 heavy (non-hydrogen) atoms. The van der Waals surface area contributed by atoms with Gasteiger partial charge in [-0.25, -0.2) is 0 Å². The van der Waals surface area contributed by atoms with Gasteiger partial charge in [-0.3, -0.25) is 0 Å². The number of aromatic amines is 1. The molecule has 0 radical (unpaired) electrons. The zero-order valence-corrected chi connectivity index (χ0v) is 13.7. The van der Waals surface area contributed by atoms with Crippen LogP contribution in [0.3, 0.4) is 0 Å². The summed E-state index contributed by atoms with van der Waals surface area (Å²) in [7, 11) is 0. The van der Waals surface area contributed by atoms with Gasteiger partial charge in [0.1, 0.15) is 0 Å². The molecule has 1 aromatic carbocycles. The summed E-state index contributed by atoms with van der Waals surface area (Å²) in [4.78, 5) is 3.36. The minimum absolute atomic E-state index is 0.584. The summed E-state index contributed by atoms with van der Waals surface area (Å²) in [6.45, 7) is 4.57. The van der Waals surface area contributed by atoms with Gasteiger partial charge in [0.15, 0.2) is 0 Å². The van der Waals surface area contributed by atoms with Crippen LogP contribution in [-0.2, 0) is 6.42 Å². The van der Waals surface area contributed by atoms with Crippen molar-refractivity contribution in [3.05, 3.63) is 36.0 Å². The van der Waals surface area contributed by atoms with Crippen LogP contribution < -0.4 is 10.6 Å². The SMILES string of the molecule is CC(CC1CCCCCN1)NCCc1c[nH]c2ccccc12. The van der Waals surface area contributed by atoms with Gasteiger partial charge in [0.05, 0.1) is 0 Å². The Kier molecular flexibility index (Phi) is 5.52. The van der Waals surface area contributed by atoms with Crippen molar-refractivity contribution >= 4 is 10.9 Å². The molecule has 1 aliphatic rings. The molecule has 3 N–H and O–H groups in total. The van der Waals surface area contributed by atoms with Crippen molar-refractivity contribution in [2.24, 2.45) is 0 Å². The van der Waals surface area contributed by atoms with E-state index in [1.54, 1.807) is 0 Å². The molecule has 3 rings (SSSR count). The molecular formula is C19H29N3. The molecule has 0 amide bonds. The summed E-state index contributed by atoms with van der Waals surface area (Å²) in [6, 6.07) is 9.85. The van der Waals surface area contributed by atoms with Crippen LogP contribution in [-0.4, -0.2) is 30.2 Å². The van der Waals surface area contributed by atoms with E-state index in [0.717, 1.165) is 13.0 Å². The van der Waals surface area contributed by atoms with Crippen LogP contribution in [0, 0.1) is 0 Å². The fourth-order valence-corrected chi connectivity index (χ4v) is 3.60. The van der Waals surface area contributed by atoms with E-state index in [-0.39, 0.29) is 0 Å². The number of fused-ring (bicyclic) bond motifs is 1. The first-order valence-electron chi connectivity index (χ1n) is 8.84. The summed E-state index contributed by atoms with van der Waals surface area (Å²) >= 11 is 0.